The Morgan fingerprint density at radius 1 is 1.00 bits per heavy atom. The molecule has 0 aromatic rings. The van der Waals surface area contributed by atoms with E-state index in [1.807, 2.05) is 6.92 Å². The zero-order valence-electron chi connectivity index (χ0n) is 11.6. The van der Waals surface area contributed by atoms with Gasteiger partial charge in [-0.15, -0.1) is 0 Å². The summed E-state index contributed by atoms with van der Waals surface area (Å²) < 4.78 is 0. The first-order valence-corrected chi connectivity index (χ1v) is 6.41. The molecule has 1 nitrogen and oxygen atoms in total. The molecule has 15 heavy (non-hydrogen) atoms. The van der Waals surface area contributed by atoms with Gasteiger partial charge in [0.15, 0.2) is 0 Å². The Morgan fingerprint density at radius 2 is 1.47 bits per heavy atom. The lowest BCUT2D eigenvalue weighted by Gasteiger charge is -2.42. The van der Waals surface area contributed by atoms with Crippen LogP contribution in [0.1, 0.15) is 73.6 Å². The van der Waals surface area contributed by atoms with Gasteiger partial charge in [-0.25, -0.2) is 0 Å². The van der Waals surface area contributed by atoms with Gasteiger partial charge in [-0.2, -0.15) is 0 Å². The van der Waals surface area contributed by atoms with Crippen molar-refractivity contribution < 1.29 is 5.11 Å². The van der Waals surface area contributed by atoms with Crippen LogP contribution < -0.4 is 0 Å². The third-order valence-electron chi connectivity index (χ3n) is 4.13. The highest BCUT2D eigenvalue weighted by molar-refractivity contribution is 4.85. The molecule has 1 atom stereocenters. The minimum Gasteiger partial charge on any atom is -0.393 e. The maximum absolute atomic E-state index is 9.26. The lowest BCUT2D eigenvalue weighted by Crippen LogP contribution is -2.32. The van der Waals surface area contributed by atoms with E-state index in [1.165, 1.54) is 19.3 Å². The third-order valence-corrected chi connectivity index (χ3v) is 4.13. The molecule has 0 amide bonds. The second-order valence-corrected chi connectivity index (χ2v) is 6.26. The number of rotatable bonds is 7. The average Bonchev–Trinajstić information content (AvgIpc) is 2.02. The van der Waals surface area contributed by atoms with E-state index in [9.17, 15) is 5.11 Å². The number of aliphatic hydroxyl groups is 1. The van der Waals surface area contributed by atoms with Crippen molar-refractivity contribution in [3.63, 3.8) is 0 Å². The van der Waals surface area contributed by atoms with Gasteiger partial charge in [0.1, 0.15) is 0 Å². The van der Waals surface area contributed by atoms with Crippen LogP contribution in [-0.2, 0) is 0 Å². The van der Waals surface area contributed by atoms with Crippen molar-refractivity contribution in [3.8, 4) is 0 Å². The molecule has 0 heterocycles. The molecule has 1 unspecified atom stereocenters. The predicted molar refractivity (Wildman–Crippen MR) is 68.0 cm³/mol. The summed E-state index contributed by atoms with van der Waals surface area (Å²) in [4.78, 5) is 0. The van der Waals surface area contributed by atoms with Gasteiger partial charge in [0.2, 0.25) is 0 Å². The molecule has 0 aliphatic rings. The monoisotopic (exact) mass is 214 g/mol. The third kappa shape index (κ3) is 5.01. The Morgan fingerprint density at radius 3 is 1.87 bits per heavy atom. The van der Waals surface area contributed by atoms with Crippen LogP contribution >= 0.6 is 0 Å². The van der Waals surface area contributed by atoms with Gasteiger partial charge in [-0.05, 0) is 37.0 Å². The molecule has 0 aliphatic heterocycles. The van der Waals surface area contributed by atoms with Crippen LogP contribution in [-0.4, -0.2) is 11.2 Å². The van der Waals surface area contributed by atoms with Crippen LogP contribution in [0.15, 0.2) is 0 Å². The molecule has 92 valence electrons. The summed E-state index contributed by atoms with van der Waals surface area (Å²) >= 11 is 0. The molecule has 0 aromatic heterocycles. The largest absolute Gasteiger partial charge is 0.393 e. The highest BCUT2D eigenvalue weighted by atomic mass is 16.3. The fourth-order valence-electron chi connectivity index (χ4n) is 2.14. The van der Waals surface area contributed by atoms with Crippen LogP contribution in [0.5, 0.6) is 0 Å². The molecule has 0 rings (SSSR count). The molecular formula is C14H30O. The van der Waals surface area contributed by atoms with E-state index in [0.29, 0.717) is 10.8 Å². The van der Waals surface area contributed by atoms with Gasteiger partial charge >= 0.3 is 0 Å². The molecule has 1 N–H and O–H groups in total. The van der Waals surface area contributed by atoms with Gasteiger partial charge in [-0.3, -0.25) is 0 Å². The smallest absolute Gasteiger partial charge is 0.0512 e. The quantitative estimate of drug-likeness (QED) is 0.666. The molecule has 0 fully saturated rings. The molecule has 0 bridgehead atoms. The first kappa shape index (κ1) is 15.0. The maximum atomic E-state index is 9.26. The zero-order valence-corrected chi connectivity index (χ0v) is 11.6. The molecule has 1 heteroatoms. The van der Waals surface area contributed by atoms with E-state index in [2.05, 4.69) is 34.6 Å². The minimum atomic E-state index is -0.143. The average molecular weight is 214 g/mol. The SMILES string of the molecule is CCCC(C)(C)C(C)(C)CCCC(C)O. The summed E-state index contributed by atoms with van der Waals surface area (Å²) in [6.07, 6.45) is 5.69. The molecule has 0 aromatic carbocycles. The van der Waals surface area contributed by atoms with Crippen LogP contribution in [0.3, 0.4) is 0 Å². The minimum absolute atomic E-state index is 0.143. The van der Waals surface area contributed by atoms with E-state index >= 15 is 0 Å². The van der Waals surface area contributed by atoms with Crippen LogP contribution in [0.2, 0.25) is 0 Å². The Hall–Kier alpha value is -0.0400. The predicted octanol–water partition coefficient (Wildman–Crippen LogP) is 4.39. The van der Waals surface area contributed by atoms with E-state index in [0.717, 1.165) is 12.8 Å². The standard InChI is InChI=1S/C14H30O/c1-7-10-13(3,4)14(5,6)11-8-9-12(2)15/h12,15H,7-11H2,1-6H3. The van der Waals surface area contributed by atoms with E-state index in [-0.39, 0.29) is 6.10 Å². The summed E-state index contributed by atoms with van der Waals surface area (Å²) in [7, 11) is 0. The summed E-state index contributed by atoms with van der Waals surface area (Å²) in [6.45, 7) is 13.6. The van der Waals surface area contributed by atoms with E-state index < -0.39 is 0 Å². The van der Waals surface area contributed by atoms with Gasteiger partial charge in [0, 0.05) is 0 Å². The van der Waals surface area contributed by atoms with Gasteiger partial charge in [0.25, 0.3) is 0 Å². The lowest BCUT2D eigenvalue weighted by molar-refractivity contribution is 0.0776. The topological polar surface area (TPSA) is 20.2 Å². The molecule has 0 radical (unpaired) electrons. The van der Waals surface area contributed by atoms with Gasteiger partial charge in [-0.1, -0.05) is 47.5 Å². The Kier molecular flexibility index (Phi) is 5.87. The molecule has 0 saturated heterocycles. The van der Waals surface area contributed by atoms with Crippen molar-refractivity contribution in [2.24, 2.45) is 10.8 Å². The van der Waals surface area contributed by atoms with Gasteiger partial charge < -0.3 is 5.11 Å². The van der Waals surface area contributed by atoms with Crippen molar-refractivity contribution in [2.45, 2.75) is 79.8 Å². The van der Waals surface area contributed by atoms with Crippen LogP contribution in [0.4, 0.5) is 0 Å². The zero-order chi connectivity index (χ0) is 12.1. The fraction of sp³-hybridized carbons (Fsp3) is 1.00. The maximum Gasteiger partial charge on any atom is 0.0512 e. The summed E-state index contributed by atoms with van der Waals surface area (Å²) in [5.41, 5.74) is 0.776. The van der Waals surface area contributed by atoms with Crippen LogP contribution in [0.25, 0.3) is 0 Å². The van der Waals surface area contributed by atoms with Crippen LogP contribution in [0, 0.1) is 10.8 Å². The second-order valence-electron chi connectivity index (χ2n) is 6.26. The van der Waals surface area contributed by atoms with Crippen molar-refractivity contribution in [1.82, 2.24) is 0 Å². The first-order chi connectivity index (χ1) is 6.73. The number of aliphatic hydroxyl groups excluding tert-OH is 1. The van der Waals surface area contributed by atoms with Crippen molar-refractivity contribution in [3.05, 3.63) is 0 Å². The Labute approximate surface area is 96.3 Å². The normalized spacial score (nSPS) is 15.4. The van der Waals surface area contributed by atoms with Crippen molar-refractivity contribution in [1.29, 1.82) is 0 Å². The van der Waals surface area contributed by atoms with Gasteiger partial charge in [0.05, 0.1) is 6.10 Å². The number of hydrogen-bond donors (Lipinski definition) is 1. The Bertz CT molecular complexity index is 168. The first-order valence-electron chi connectivity index (χ1n) is 6.41. The molecule has 0 aliphatic carbocycles. The van der Waals surface area contributed by atoms with Crippen molar-refractivity contribution in [2.75, 3.05) is 0 Å². The number of hydrogen-bond acceptors (Lipinski definition) is 1. The molecular weight excluding hydrogens is 184 g/mol. The summed E-state index contributed by atoms with van der Waals surface area (Å²) in [5, 5.41) is 9.26. The Balaban J connectivity index is 4.15. The fourth-order valence-corrected chi connectivity index (χ4v) is 2.14. The summed E-state index contributed by atoms with van der Waals surface area (Å²) in [5.74, 6) is 0. The highest BCUT2D eigenvalue weighted by Crippen LogP contribution is 2.45. The molecule has 0 saturated carbocycles. The highest BCUT2D eigenvalue weighted by Gasteiger charge is 2.35. The molecule has 0 spiro atoms. The van der Waals surface area contributed by atoms with E-state index in [4.69, 9.17) is 0 Å². The second kappa shape index (κ2) is 5.89. The van der Waals surface area contributed by atoms with E-state index in [1.54, 1.807) is 0 Å². The van der Waals surface area contributed by atoms with Crippen molar-refractivity contribution >= 4 is 0 Å². The summed E-state index contributed by atoms with van der Waals surface area (Å²) in [6, 6.07) is 0. The lowest BCUT2D eigenvalue weighted by atomic mass is 9.63.